The van der Waals surface area contributed by atoms with Gasteiger partial charge in [0.15, 0.2) is 0 Å². The molecule has 1 fully saturated rings. The topological polar surface area (TPSA) is 130 Å². The Morgan fingerprint density at radius 3 is 2.32 bits per heavy atom. The maximum atomic E-state index is 11.8. The lowest BCUT2D eigenvalue weighted by molar-refractivity contribution is -0.192. The van der Waals surface area contributed by atoms with Crippen LogP contribution in [0.15, 0.2) is 10.6 Å². The van der Waals surface area contributed by atoms with E-state index in [9.17, 15) is 22.8 Å². The molecule has 8 nitrogen and oxygen atoms in total. The Labute approximate surface area is 166 Å². The standard InChI is InChI=1S/C13H18N2O4S2.C2HF3O2/c16-12(17)4-6-20-21-7-5-14-13(18)11-8-10(15-19-11)9-2-1-3-9;3-2(4,5)1(6)7/h8-9H,1-7H2,(H,14,18)(H,16,17);(H,6,7). The Morgan fingerprint density at radius 2 is 1.82 bits per heavy atom. The van der Waals surface area contributed by atoms with E-state index in [0.717, 1.165) is 24.3 Å². The Kier molecular flexibility index (Phi) is 10.2. The molecule has 2 rings (SSSR count). The number of carboxylic acid groups (broad SMARTS) is 2. The van der Waals surface area contributed by atoms with Gasteiger partial charge in [0.2, 0.25) is 5.76 Å². The predicted octanol–water partition coefficient (Wildman–Crippen LogP) is 3.16. The highest BCUT2D eigenvalue weighted by Crippen LogP contribution is 2.35. The van der Waals surface area contributed by atoms with Crippen LogP contribution < -0.4 is 5.32 Å². The van der Waals surface area contributed by atoms with Crippen LogP contribution in [0.1, 0.15) is 47.8 Å². The SMILES string of the molecule is O=C(O)C(F)(F)F.O=C(O)CCSSCCNC(=O)c1cc(C2CCC2)no1. The number of carboxylic acids is 2. The molecule has 13 heteroatoms. The van der Waals surface area contributed by atoms with Crippen LogP contribution in [0.2, 0.25) is 0 Å². The molecule has 1 amide bonds. The molecule has 1 saturated carbocycles. The van der Waals surface area contributed by atoms with Gasteiger partial charge in [0, 0.05) is 30.0 Å². The van der Waals surface area contributed by atoms with Crippen LogP contribution in [0, 0.1) is 0 Å². The Morgan fingerprint density at radius 1 is 1.21 bits per heavy atom. The molecule has 0 unspecified atom stereocenters. The van der Waals surface area contributed by atoms with Crippen molar-refractivity contribution in [1.82, 2.24) is 10.5 Å². The molecule has 0 aromatic carbocycles. The van der Waals surface area contributed by atoms with Gasteiger partial charge in [0.25, 0.3) is 5.91 Å². The fraction of sp³-hybridized carbons (Fsp3) is 0.600. The minimum atomic E-state index is -5.08. The fourth-order valence-electron chi connectivity index (χ4n) is 1.83. The lowest BCUT2D eigenvalue weighted by Crippen LogP contribution is -2.25. The van der Waals surface area contributed by atoms with Gasteiger partial charge >= 0.3 is 18.1 Å². The highest BCUT2D eigenvalue weighted by molar-refractivity contribution is 8.76. The van der Waals surface area contributed by atoms with Crippen molar-refractivity contribution < 1.29 is 42.3 Å². The summed E-state index contributed by atoms with van der Waals surface area (Å²) < 4.78 is 36.8. The van der Waals surface area contributed by atoms with Crippen LogP contribution >= 0.6 is 21.6 Å². The number of hydrogen-bond acceptors (Lipinski definition) is 7. The molecule has 1 aliphatic rings. The second kappa shape index (κ2) is 11.8. The van der Waals surface area contributed by atoms with E-state index in [1.807, 2.05) is 0 Å². The first kappa shape index (κ1) is 24.1. The smallest absolute Gasteiger partial charge is 0.481 e. The molecular weight excluding hydrogens is 425 g/mol. The lowest BCUT2D eigenvalue weighted by Gasteiger charge is -2.22. The molecule has 0 radical (unpaired) electrons. The van der Waals surface area contributed by atoms with E-state index in [0.29, 0.717) is 18.2 Å². The summed E-state index contributed by atoms with van der Waals surface area (Å²) >= 11 is 0. The number of carbonyl (C=O) groups is 3. The van der Waals surface area contributed by atoms with Gasteiger partial charge in [-0.15, -0.1) is 0 Å². The number of carbonyl (C=O) groups excluding carboxylic acids is 1. The summed E-state index contributed by atoms with van der Waals surface area (Å²) in [5.74, 6) is -1.78. The number of hydrogen-bond donors (Lipinski definition) is 3. The first-order chi connectivity index (χ1) is 13.1. The number of halogens is 3. The van der Waals surface area contributed by atoms with Crippen LogP contribution in [0.3, 0.4) is 0 Å². The second-order valence-electron chi connectivity index (χ2n) is 5.59. The predicted molar refractivity (Wildman–Crippen MR) is 96.3 cm³/mol. The first-order valence-corrected chi connectivity index (χ1v) is 10.6. The van der Waals surface area contributed by atoms with E-state index in [-0.39, 0.29) is 18.1 Å². The van der Waals surface area contributed by atoms with Gasteiger partial charge in [-0.3, -0.25) is 9.59 Å². The summed E-state index contributed by atoms with van der Waals surface area (Å²) in [6, 6.07) is 1.73. The third-order valence-electron chi connectivity index (χ3n) is 3.47. The Bertz CT molecular complexity index is 664. The van der Waals surface area contributed by atoms with Gasteiger partial charge in [-0.2, -0.15) is 13.2 Å². The van der Waals surface area contributed by atoms with E-state index < -0.39 is 18.1 Å². The van der Waals surface area contributed by atoms with Crippen LogP contribution in [0.25, 0.3) is 0 Å². The maximum absolute atomic E-state index is 11.8. The number of aliphatic carboxylic acids is 2. The lowest BCUT2D eigenvalue weighted by atomic mass is 9.83. The molecule has 1 aromatic rings. The minimum absolute atomic E-state index is 0.159. The highest BCUT2D eigenvalue weighted by atomic mass is 33.1. The summed E-state index contributed by atoms with van der Waals surface area (Å²) in [6.45, 7) is 0.517. The number of alkyl halides is 3. The molecule has 0 saturated heterocycles. The van der Waals surface area contributed by atoms with Crippen molar-refractivity contribution in [2.75, 3.05) is 18.1 Å². The molecule has 0 bridgehead atoms. The molecule has 0 atom stereocenters. The number of aromatic nitrogens is 1. The van der Waals surface area contributed by atoms with E-state index in [2.05, 4.69) is 10.5 Å². The van der Waals surface area contributed by atoms with Crippen molar-refractivity contribution in [1.29, 1.82) is 0 Å². The van der Waals surface area contributed by atoms with Crippen LogP contribution in [0.4, 0.5) is 13.2 Å². The maximum Gasteiger partial charge on any atom is 0.490 e. The monoisotopic (exact) mass is 444 g/mol. The van der Waals surface area contributed by atoms with Gasteiger partial charge in [0.1, 0.15) is 0 Å². The summed E-state index contributed by atoms with van der Waals surface area (Å²) in [5, 5.41) is 22.3. The molecule has 0 aliphatic heterocycles. The molecule has 158 valence electrons. The molecule has 1 heterocycles. The highest BCUT2D eigenvalue weighted by Gasteiger charge is 2.38. The van der Waals surface area contributed by atoms with Crippen molar-refractivity contribution >= 4 is 39.4 Å². The summed E-state index contributed by atoms with van der Waals surface area (Å²) in [4.78, 5) is 31.0. The average molecular weight is 444 g/mol. The summed E-state index contributed by atoms with van der Waals surface area (Å²) in [5.41, 5.74) is 0.880. The number of nitrogens with zero attached hydrogens (tertiary/aromatic N) is 1. The average Bonchev–Trinajstić information content (AvgIpc) is 3.01. The number of nitrogens with one attached hydrogen (secondary N) is 1. The van der Waals surface area contributed by atoms with E-state index in [4.69, 9.17) is 19.5 Å². The quantitative estimate of drug-likeness (QED) is 0.388. The Balaban J connectivity index is 0.000000480. The first-order valence-electron chi connectivity index (χ1n) is 8.12. The third kappa shape index (κ3) is 9.35. The molecule has 1 aromatic heterocycles. The largest absolute Gasteiger partial charge is 0.490 e. The van der Waals surface area contributed by atoms with Crippen LogP contribution in [-0.4, -0.2) is 57.4 Å². The van der Waals surface area contributed by atoms with Gasteiger partial charge in [-0.05, 0) is 12.8 Å². The van der Waals surface area contributed by atoms with Crippen molar-refractivity contribution in [2.45, 2.75) is 37.8 Å². The van der Waals surface area contributed by atoms with Gasteiger partial charge < -0.3 is 20.1 Å². The van der Waals surface area contributed by atoms with E-state index >= 15 is 0 Å². The molecule has 1 aliphatic carbocycles. The number of rotatable bonds is 9. The van der Waals surface area contributed by atoms with Gasteiger partial charge in [-0.25, -0.2) is 4.79 Å². The van der Waals surface area contributed by atoms with Crippen molar-refractivity contribution in [2.24, 2.45) is 0 Å². The van der Waals surface area contributed by atoms with E-state index in [1.165, 1.54) is 17.2 Å². The number of amides is 1. The Hall–Kier alpha value is -1.89. The summed E-state index contributed by atoms with van der Waals surface area (Å²) in [7, 11) is 3.04. The van der Waals surface area contributed by atoms with Gasteiger partial charge in [0.05, 0.1) is 12.1 Å². The normalized spacial score (nSPS) is 13.8. The van der Waals surface area contributed by atoms with Crippen LogP contribution in [-0.2, 0) is 9.59 Å². The molecule has 3 N–H and O–H groups in total. The minimum Gasteiger partial charge on any atom is -0.481 e. The molecule has 28 heavy (non-hydrogen) atoms. The summed E-state index contributed by atoms with van der Waals surface area (Å²) in [6.07, 6.45) is -1.46. The van der Waals surface area contributed by atoms with Gasteiger partial charge in [-0.1, -0.05) is 33.2 Å². The fourth-order valence-corrected chi connectivity index (χ4v) is 3.72. The molecular formula is C15H19F3N2O6S2. The van der Waals surface area contributed by atoms with E-state index in [1.54, 1.807) is 16.9 Å². The zero-order valence-electron chi connectivity index (χ0n) is 14.5. The van der Waals surface area contributed by atoms with Crippen LogP contribution in [0.5, 0.6) is 0 Å². The zero-order valence-corrected chi connectivity index (χ0v) is 16.2. The molecule has 0 spiro atoms. The van der Waals surface area contributed by atoms with Crippen molar-refractivity contribution in [3.8, 4) is 0 Å². The second-order valence-corrected chi connectivity index (χ2v) is 8.29. The third-order valence-corrected chi connectivity index (χ3v) is 5.88. The van der Waals surface area contributed by atoms with Crippen molar-refractivity contribution in [3.63, 3.8) is 0 Å². The van der Waals surface area contributed by atoms with Crippen molar-refractivity contribution in [3.05, 3.63) is 17.5 Å². The zero-order chi connectivity index (χ0) is 21.2.